The molecule has 56 valence electrons. The first kappa shape index (κ1) is 7.19. The molecule has 0 aromatic heterocycles. The van der Waals surface area contributed by atoms with Crippen LogP contribution in [0, 0.1) is 0 Å². The van der Waals surface area contributed by atoms with Gasteiger partial charge in [0.15, 0.2) is 0 Å². The molecule has 1 aliphatic heterocycles. The van der Waals surface area contributed by atoms with Gasteiger partial charge in [-0.2, -0.15) is 0 Å². The summed E-state index contributed by atoms with van der Waals surface area (Å²) in [6, 6.07) is 0. The SMILES string of the molecule is CC1=CN(C)C(C)=CN1C. The molecule has 0 unspecified atom stereocenters. The highest BCUT2D eigenvalue weighted by Gasteiger charge is 2.05. The molecule has 0 bridgehead atoms. The summed E-state index contributed by atoms with van der Waals surface area (Å²) in [5.41, 5.74) is 2.54. The average molecular weight is 138 g/mol. The fourth-order valence-electron chi connectivity index (χ4n) is 0.946. The van der Waals surface area contributed by atoms with Crippen molar-refractivity contribution in [1.29, 1.82) is 0 Å². The van der Waals surface area contributed by atoms with Crippen LogP contribution in [-0.2, 0) is 0 Å². The van der Waals surface area contributed by atoms with Crippen molar-refractivity contribution < 1.29 is 0 Å². The highest BCUT2D eigenvalue weighted by molar-refractivity contribution is 5.13. The van der Waals surface area contributed by atoms with E-state index in [2.05, 4.69) is 50.1 Å². The summed E-state index contributed by atoms with van der Waals surface area (Å²) >= 11 is 0. The lowest BCUT2D eigenvalue weighted by atomic mass is 10.3. The number of allylic oxidation sites excluding steroid dienone is 2. The van der Waals surface area contributed by atoms with E-state index in [-0.39, 0.29) is 0 Å². The molecular formula is C8H14N2. The second-order valence-electron chi connectivity index (χ2n) is 2.76. The summed E-state index contributed by atoms with van der Waals surface area (Å²) in [5, 5.41) is 0. The Balaban J connectivity index is 2.81. The van der Waals surface area contributed by atoms with E-state index in [1.807, 2.05) is 0 Å². The molecule has 0 atom stereocenters. The molecule has 0 N–H and O–H groups in total. The molecule has 0 aliphatic carbocycles. The second kappa shape index (κ2) is 2.37. The zero-order valence-electron chi connectivity index (χ0n) is 7.05. The topological polar surface area (TPSA) is 6.48 Å². The molecule has 2 nitrogen and oxygen atoms in total. The first-order valence-electron chi connectivity index (χ1n) is 3.44. The van der Waals surface area contributed by atoms with E-state index in [9.17, 15) is 0 Å². The van der Waals surface area contributed by atoms with Crippen molar-refractivity contribution in [3.8, 4) is 0 Å². The van der Waals surface area contributed by atoms with Crippen molar-refractivity contribution in [1.82, 2.24) is 9.80 Å². The van der Waals surface area contributed by atoms with Crippen molar-refractivity contribution in [3.63, 3.8) is 0 Å². The Kier molecular flexibility index (Phi) is 1.70. The lowest BCUT2D eigenvalue weighted by Gasteiger charge is -2.27. The second-order valence-corrected chi connectivity index (χ2v) is 2.76. The summed E-state index contributed by atoms with van der Waals surface area (Å²) in [6.45, 7) is 4.19. The average Bonchev–Trinajstić information content (AvgIpc) is 1.84. The fourth-order valence-corrected chi connectivity index (χ4v) is 0.946. The van der Waals surface area contributed by atoms with Gasteiger partial charge in [-0.05, 0) is 13.8 Å². The van der Waals surface area contributed by atoms with E-state index in [1.165, 1.54) is 11.4 Å². The van der Waals surface area contributed by atoms with Gasteiger partial charge >= 0.3 is 0 Å². The van der Waals surface area contributed by atoms with Gasteiger partial charge in [0.05, 0.1) is 0 Å². The standard InChI is InChI=1S/C8H14N2/c1-7-5-10(4)8(2)6-9(7)3/h5-6H,1-4H3. The monoisotopic (exact) mass is 138 g/mol. The van der Waals surface area contributed by atoms with Crippen molar-refractivity contribution >= 4 is 0 Å². The number of rotatable bonds is 0. The minimum absolute atomic E-state index is 1.27. The quantitative estimate of drug-likeness (QED) is 0.501. The van der Waals surface area contributed by atoms with Crippen molar-refractivity contribution in [3.05, 3.63) is 23.8 Å². The smallest absolute Gasteiger partial charge is 0.0304 e. The van der Waals surface area contributed by atoms with E-state index in [4.69, 9.17) is 0 Å². The Hall–Kier alpha value is -0.920. The maximum absolute atomic E-state index is 2.12. The summed E-state index contributed by atoms with van der Waals surface area (Å²) in [6.07, 6.45) is 4.24. The van der Waals surface area contributed by atoms with Crippen molar-refractivity contribution in [2.45, 2.75) is 13.8 Å². The van der Waals surface area contributed by atoms with Gasteiger partial charge < -0.3 is 9.80 Å². The number of hydrogen-bond donors (Lipinski definition) is 0. The third-order valence-electron chi connectivity index (χ3n) is 1.87. The summed E-state index contributed by atoms with van der Waals surface area (Å²) in [4.78, 5) is 4.24. The van der Waals surface area contributed by atoms with Gasteiger partial charge in [0.2, 0.25) is 0 Å². The Morgan fingerprint density at radius 1 is 0.900 bits per heavy atom. The largest absolute Gasteiger partial charge is 0.352 e. The van der Waals surface area contributed by atoms with Crippen LogP contribution in [0.25, 0.3) is 0 Å². The number of nitrogens with zero attached hydrogens (tertiary/aromatic N) is 2. The molecule has 1 rings (SSSR count). The van der Waals surface area contributed by atoms with Gasteiger partial charge in [-0.3, -0.25) is 0 Å². The molecule has 1 heterocycles. The zero-order valence-corrected chi connectivity index (χ0v) is 7.05. The van der Waals surface area contributed by atoms with Crippen LogP contribution < -0.4 is 0 Å². The molecular weight excluding hydrogens is 124 g/mol. The van der Waals surface area contributed by atoms with E-state index in [0.717, 1.165) is 0 Å². The zero-order chi connectivity index (χ0) is 7.72. The molecule has 10 heavy (non-hydrogen) atoms. The van der Waals surface area contributed by atoms with Gasteiger partial charge in [-0.1, -0.05) is 0 Å². The van der Waals surface area contributed by atoms with Crippen LogP contribution >= 0.6 is 0 Å². The maximum atomic E-state index is 2.12. The molecule has 0 spiro atoms. The Morgan fingerprint density at radius 3 is 1.50 bits per heavy atom. The summed E-state index contributed by atoms with van der Waals surface area (Å²) < 4.78 is 0. The molecule has 0 amide bonds. The van der Waals surface area contributed by atoms with Crippen LogP contribution in [0.15, 0.2) is 23.8 Å². The predicted octanol–water partition coefficient (Wildman–Crippen LogP) is 1.59. The van der Waals surface area contributed by atoms with E-state index in [0.29, 0.717) is 0 Å². The third-order valence-corrected chi connectivity index (χ3v) is 1.87. The Morgan fingerprint density at radius 2 is 1.20 bits per heavy atom. The van der Waals surface area contributed by atoms with Crippen molar-refractivity contribution in [2.24, 2.45) is 0 Å². The molecule has 0 saturated carbocycles. The normalized spacial score (nSPS) is 18.8. The van der Waals surface area contributed by atoms with E-state index >= 15 is 0 Å². The van der Waals surface area contributed by atoms with Gasteiger partial charge in [0.25, 0.3) is 0 Å². The molecule has 0 saturated heterocycles. The maximum Gasteiger partial charge on any atom is 0.0304 e. The minimum atomic E-state index is 1.27. The minimum Gasteiger partial charge on any atom is -0.352 e. The van der Waals surface area contributed by atoms with Gasteiger partial charge in [-0.15, -0.1) is 0 Å². The summed E-state index contributed by atoms with van der Waals surface area (Å²) in [5.74, 6) is 0. The van der Waals surface area contributed by atoms with Crippen LogP contribution in [0.3, 0.4) is 0 Å². The van der Waals surface area contributed by atoms with Crippen LogP contribution in [0.4, 0.5) is 0 Å². The van der Waals surface area contributed by atoms with Crippen LogP contribution in [0.5, 0.6) is 0 Å². The highest BCUT2D eigenvalue weighted by atomic mass is 15.2. The van der Waals surface area contributed by atoms with Crippen LogP contribution in [0.1, 0.15) is 13.8 Å². The lowest BCUT2D eigenvalue weighted by Crippen LogP contribution is -2.21. The molecule has 2 heteroatoms. The van der Waals surface area contributed by atoms with Crippen LogP contribution in [-0.4, -0.2) is 23.9 Å². The van der Waals surface area contributed by atoms with Gasteiger partial charge in [-0.25, -0.2) is 0 Å². The Bertz CT molecular complexity index is 169. The predicted molar refractivity (Wildman–Crippen MR) is 43.0 cm³/mol. The van der Waals surface area contributed by atoms with Crippen molar-refractivity contribution in [2.75, 3.05) is 14.1 Å². The summed E-state index contributed by atoms with van der Waals surface area (Å²) in [7, 11) is 4.12. The van der Waals surface area contributed by atoms with Crippen LogP contribution in [0.2, 0.25) is 0 Å². The van der Waals surface area contributed by atoms with Gasteiger partial charge in [0.1, 0.15) is 0 Å². The first-order chi connectivity index (χ1) is 4.61. The highest BCUT2D eigenvalue weighted by Crippen LogP contribution is 2.14. The molecule has 1 aliphatic rings. The lowest BCUT2D eigenvalue weighted by molar-refractivity contribution is 0.451. The first-order valence-corrected chi connectivity index (χ1v) is 3.44. The molecule has 0 fully saturated rings. The van der Waals surface area contributed by atoms with E-state index in [1.54, 1.807) is 0 Å². The number of hydrogen-bond acceptors (Lipinski definition) is 2. The van der Waals surface area contributed by atoms with E-state index < -0.39 is 0 Å². The fraction of sp³-hybridized carbons (Fsp3) is 0.500. The molecule has 0 radical (unpaired) electrons. The van der Waals surface area contributed by atoms with Gasteiger partial charge in [0, 0.05) is 37.9 Å². The third kappa shape index (κ3) is 1.15. The molecule has 0 aromatic carbocycles. The Labute approximate surface area is 62.4 Å². The molecule has 0 aromatic rings.